The van der Waals surface area contributed by atoms with E-state index < -0.39 is 0 Å². The summed E-state index contributed by atoms with van der Waals surface area (Å²) in [6, 6.07) is 5.83. The molecule has 2 N–H and O–H groups in total. The Labute approximate surface area is 137 Å². The van der Waals surface area contributed by atoms with E-state index >= 15 is 0 Å². The molecule has 2 aromatic rings. The fourth-order valence-corrected chi connectivity index (χ4v) is 2.84. The van der Waals surface area contributed by atoms with Crippen LogP contribution >= 0.6 is 0 Å². The molecular formula is C17H25N5O. The number of nitrogen functional groups attached to an aromatic ring is 1. The number of aromatic nitrogens is 2. The molecule has 6 nitrogen and oxygen atoms in total. The second kappa shape index (κ2) is 7.02. The van der Waals surface area contributed by atoms with Gasteiger partial charge in [0.1, 0.15) is 5.75 Å². The van der Waals surface area contributed by atoms with Gasteiger partial charge < -0.3 is 15.4 Å². The van der Waals surface area contributed by atoms with Crippen LogP contribution in [0.5, 0.6) is 5.75 Å². The van der Waals surface area contributed by atoms with Crippen molar-refractivity contribution in [3.63, 3.8) is 0 Å². The third-order valence-electron chi connectivity index (χ3n) is 4.44. The summed E-state index contributed by atoms with van der Waals surface area (Å²) in [7, 11) is 3.81. The topological polar surface area (TPSA) is 59.5 Å². The molecule has 0 radical (unpaired) electrons. The highest BCUT2D eigenvalue weighted by atomic mass is 16.5. The quantitative estimate of drug-likeness (QED) is 0.845. The second-order valence-corrected chi connectivity index (χ2v) is 6.09. The summed E-state index contributed by atoms with van der Waals surface area (Å²) in [5.74, 6) is 0.702. The van der Waals surface area contributed by atoms with E-state index in [4.69, 9.17) is 10.5 Å². The lowest BCUT2D eigenvalue weighted by atomic mass is 10.1. The predicted molar refractivity (Wildman–Crippen MR) is 92.6 cm³/mol. The van der Waals surface area contributed by atoms with Crippen molar-refractivity contribution < 1.29 is 4.74 Å². The fraction of sp³-hybridized carbons (Fsp3) is 0.471. The molecule has 0 bridgehead atoms. The van der Waals surface area contributed by atoms with Crippen LogP contribution in [0.25, 0.3) is 11.1 Å². The molecule has 0 amide bonds. The average Bonchev–Trinajstić information content (AvgIpc) is 3.04. The first kappa shape index (κ1) is 15.8. The molecule has 1 aliphatic heterocycles. The Morgan fingerprint density at radius 2 is 1.91 bits per heavy atom. The van der Waals surface area contributed by atoms with Crippen molar-refractivity contribution in [2.75, 3.05) is 52.6 Å². The van der Waals surface area contributed by atoms with Crippen LogP contribution in [-0.4, -0.2) is 66.5 Å². The first-order valence-electron chi connectivity index (χ1n) is 8.03. The molecule has 0 saturated carbocycles. The lowest BCUT2D eigenvalue weighted by Gasteiger charge is -2.32. The first-order valence-corrected chi connectivity index (χ1v) is 8.03. The van der Waals surface area contributed by atoms with Crippen molar-refractivity contribution in [3.05, 3.63) is 30.6 Å². The molecule has 3 rings (SSSR count). The maximum Gasteiger partial charge on any atom is 0.142 e. The van der Waals surface area contributed by atoms with Gasteiger partial charge in [-0.15, -0.1) is 0 Å². The Bertz CT molecular complexity index is 646. The second-order valence-electron chi connectivity index (χ2n) is 6.09. The van der Waals surface area contributed by atoms with Gasteiger partial charge in [0.25, 0.3) is 0 Å². The highest BCUT2D eigenvalue weighted by Gasteiger charge is 2.13. The largest absolute Gasteiger partial charge is 0.495 e. The summed E-state index contributed by atoms with van der Waals surface area (Å²) in [4.78, 5) is 4.87. The number of benzene rings is 1. The van der Waals surface area contributed by atoms with E-state index in [0.29, 0.717) is 11.4 Å². The van der Waals surface area contributed by atoms with E-state index in [2.05, 4.69) is 28.1 Å². The van der Waals surface area contributed by atoms with Gasteiger partial charge in [0.05, 0.1) is 25.5 Å². The minimum atomic E-state index is 0.652. The summed E-state index contributed by atoms with van der Waals surface area (Å²) in [5.41, 5.74) is 8.68. The number of ether oxygens (including phenoxy) is 1. The molecule has 1 fully saturated rings. The van der Waals surface area contributed by atoms with Gasteiger partial charge in [-0.2, -0.15) is 5.10 Å². The number of nitrogens with two attached hydrogens (primary N) is 1. The minimum absolute atomic E-state index is 0.652. The molecule has 0 atom stereocenters. The highest BCUT2D eigenvalue weighted by molar-refractivity contribution is 5.68. The molecule has 1 aliphatic rings. The zero-order valence-electron chi connectivity index (χ0n) is 13.9. The Kier molecular flexibility index (Phi) is 4.83. The van der Waals surface area contributed by atoms with E-state index in [0.717, 1.165) is 50.4 Å². The molecule has 0 unspecified atom stereocenters. The van der Waals surface area contributed by atoms with E-state index in [1.165, 1.54) is 0 Å². The van der Waals surface area contributed by atoms with Crippen LogP contribution in [0.15, 0.2) is 30.6 Å². The van der Waals surface area contributed by atoms with E-state index in [1.54, 1.807) is 7.11 Å². The van der Waals surface area contributed by atoms with Crippen LogP contribution in [0, 0.1) is 0 Å². The molecule has 0 aliphatic carbocycles. The van der Waals surface area contributed by atoms with E-state index in [1.807, 2.05) is 29.1 Å². The normalized spacial score (nSPS) is 16.6. The van der Waals surface area contributed by atoms with Gasteiger partial charge in [-0.1, -0.05) is 6.07 Å². The fourth-order valence-electron chi connectivity index (χ4n) is 2.84. The number of hydrogen-bond donors (Lipinski definition) is 1. The van der Waals surface area contributed by atoms with Crippen molar-refractivity contribution in [1.82, 2.24) is 19.6 Å². The molecule has 1 aromatic heterocycles. The van der Waals surface area contributed by atoms with Gasteiger partial charge in [-0.05, 0) is 24.7 Å². The Morgan fingerprint density at radius 3 is 2.65 bits per heavy atom. The number of anilines is 1. The molecular weight excluding hydrogens is 290 g/mol. The van der Waals surface area contributed by atoms with E-state index in [9.17, 15) is 0 Å². The van der Waals surface area contributed by atoms with Gasteiger partial charge in [0, 0.05) is 44.5 Å². The minimum Gasteiger partial charge on any atom is -0.495 e. The maximum absolute atomic E-state index is 5.87. The number of nitrogens with zero attached hydrogens (tertiary/aromatic N) is 4. The van der Waals surface area contributed by atoms with Crippen molar-refractivity contribution >= 4 is 5.69 Å². The van der Waals surface area contributed by atoms with Crippen molar-refractivity contribution in [1.29, 1.82) is 0 Å². The van der Waals surface area contributed by atoms with E-state index in [-0.39, 0.29) is 0 Å². The summed E-state index contributed by atoms with van der Waals surface area (Å²) in [5, 5.41) is 4.48. The van der Waals surface area contributed by atoms with Gasteiger partial charge in [-0.25, -0.2) is 0 Å². The summed E-state index contributed by atoms with van der Waals surface area (Å²) < 4.78 is 7.30. The van der Waals surface area contributed by atoms with Crippen molar-refractivity contribution in [3.8, 4) is 16.9 Å². The van der Waals surface area contributed by atoms with Gasteiger partial charge in [-0.3, -0.25) is 9.58 Å². The SMILES string of the molecule is COc1cc(-c2cnn(CCN3CCN(C)CC3)c2)ccc1N. The molecule has 23 heavy (non-hydrogen) atoms. The smallest absolute Gasteiger partial charge is 0.142 e. The Hall–Kier alpha value is -2.05. The number of methoxy groups -OCH3 is 1. The Morgan fingerprint density at radius 1 is 1.13 bits per heavy atom. The lowest BCUT2D eigenvalue weighted by molar-refractivity contribution is 0.149. The highest BCUT2D eigenvalue weighted by Crippen LogP contribution is 2.28. The maximum atomic E-state index is 5.87. The van der Waals surface area contributed by atoms with Crippen LogP contribution in [0.4, 0.5) is 5.69 Å². The lowest BCUT2D eigenvalue weighted by Crippen LogP contribution is -2.45. The number of rotatable bonds is 5. The van der Waals surface area contributed by atoms with Crippen LogP contribution in [0.3, 0.4) is 0 Å². The predicted octanol–water partition coefficient (Wildman–Crippen LogP) is 1.39. The van der Waals surface area contributed by atoms with Crippen LogP contribution in [-0.2, 0) is 6.54 Å². The zero-order valence-corrected chi connectivity index (χ0v) is 13.9. The van der Waals surface area contributed by atoms with Crippen molar-refractivity contribution in [2.45, 2.75) is 6.54 Å². The number of hydrogen-bond acceptors (Lipinski definition) is 5. The number of piperazine rings is 1. The number of likely N-dealkylation sites (N-methyl/N-ethyl adjacent to an activating group) is 1. The summed E-state index contributed by atoms with van der Waals surface area (Å²) in [6.07, 6.45) is 3.98. The molecule has 2 heterocycles. The molecule has 1 aromatic carbocycles. The van der Waals surface area contributed by atoms with Crippen LogP contribution in [0.2, 0.25) is 0 Å². The molecule has 0 spiro atoms. The monoisotopic (exact) mass is 315 g/mol. The zero-order chi connectivity index (χ0) is 16.2. The van der Waals surface area contributed by atoms with Gasteiger partial charge in [0.15, 0.2) is 0 Å². The summed E-state index contributed by atoms with van der Waals surface area (Å²) >= 11 is 0. The summed E-state index contributed by atoms with van der Waals surface area (Å²) in [6.45, 7) is 6.53. The molecule has 6 heteroatoms. The van der Waals surface area contributed by atoms with Crippen LogP contribution < -0.4 is 10.5 Å². The standard InChI is InChI=1S/C17H25N5O/c1-20-5-7-21(8-6-20)9-10-22-13-15(12-19-22)14-3-4-16(18)17(11-14)23-2/h3-4,11-13H,5-10,18H2,1-2H3. The molecule has 124 valence electrons. The third-order valence-corrected chi connectivity index (χ3v) is 4.44. The first-order chi connectivity index (χ1) is 11.2. The van der Waals surface area contributed by atoms with Crippen LogP contribution in [0.1, 0.15) is 0 Å². The van der Waals surface area contributed by atoms with Gasteiger partial charge >= 0.3 is 0 Å². The van der Waals surface area contributed by atoms with Crippen molar-refractivity contribution in [2.24, 2.45) is 0 Å². The third kappa shape index (κ3) is 3.83. The Balaban J connectivity index is 1.62. The molecule has 1 saturated heterocycles. The average molecular weight is 315 g/mol. The van der Waals surface area contributed by atoms with Gasteiger partial charge in [0.2, 0.25) is 0 Å².